The van der Waals surface area contributed by atoms with Crippen molar-refractivity contribution in [3.8, 4) is 0 Å². The second-order valence-corrected chi connectivity index (χ2v) is 14.1. The van der Waals surface area contributed by atoms with Gasteiger partial charge in [-0.05, 0) is 42.5 Å². The monoisotopic (exact) mass is 615 g/mol. The van der Waals surface area contributed by atoms with Crippen LogP contribution < -0.4 is 10.0 Å². The Labute approximate surface area is 252 Å². The first-order valence-corrected chi connectivity index (χ1v) is 16.6. The van der Waals surface area contributed by atoms with Crippen LogP contribution in [0.2, 0.25) is 0 Å². The molecule has 1 unspecified atom stereocenters. The number of carbonyl (C=O) groups excluding carboxylic acids is 2. The number of allylic oxidation sites excluding steroid dienone is 3. The summed E-state index contributed by atoms with van der Waals surface area (Å²) in [7, 11) is -3.55. The highest BCUT2D eigenvalue weighted by Crippen LogP contribution is 2.52. The number of fused-ring (bicyclic) bond motifs is 1. The maximum absolute atomic E-state index is 14.5. The zero-order chi connectivity index (χ0) is 29.4. The topological polar surface area (TPSA) is 95.6 Å². The average Bonchev–Trinajstić information content (AvgIpc) is 2.94. The molecular weight excluding hydrogens is 581 g/mol. The van der Waals surface area contributed by atoms with Crippen LogP contribution in [0.5, 0.6) is 0 Å². The van der Waals surface area contributed by atoms with Crippen molar-refractivity contribution in [1.29, 1.82) is 0 Å². The molecule has 0 saturated heterocycles. The third-order valence-corrected chi connectivity index (χ3v) is 10.1. The Morgan fingerprint density at radius 2 is 1.73 bits per heavy atom. The van der Waals surface area contributed by atoms with Crippen LogP contribution >= 0.6 is 23.2 Å². The van der Waals surface area contributed by atoms with E-state index in [1.807, 2.05) is 55.5 Å². The molecule has 0 spiro atoms. The van der Waals surface area contributed by atoms with Gasteiger partial charge in [-0.25, -0.2) is 13.1 Å². The number of carbonyl (C=O) groups is 2. The molecule has 1 aliphatic heterocycles. The van der Waals surface area contributed by atoms with E-state index in [0.717, 1.165) is 24.7 Å². The van der Waals surface area contributed by atoms with E-state index in [-0.39, 0.29) is 11.8 Å². The minimum absolute atomic E-state index is 0.224. The zero-order valence-corrected chi connectivity index (χ0v) is 25.5. The van der Waals surface area contributed by atoms with Gasteiger partial charge in [0, 0.05) is 39.7 Å². The summed E-state index contributed by atoms with van der Waals surface area (Å²) in [5.41, 5.74) is 1.18. The number of benzene rings is 2. The lowest BCUT2D eigenvalue weighted by molar-refractivity contribution is -0.126. The number of nitrogens with zero attached hydrogens (tertiary/aromatic N) is 1. The summed E-state index contributed by atoms with van der Waals surface area (Å²) in [5, 5.41) is 4.07. The van der Waals surface area contributed by atoms with Gasteiger partial charge in [-0.2, -0.15) is 0 Å². The van der Waals surface area contributed by atoms with Crippen LogP contribution in [0.4, 0.5) is 0 Å². The van der Waals surface area contributed by atoms with Gasteiger partial charge in [0.1, 0.15) is 0 Å². The van der Waals surface area contributed by atoms with Crippen LogP contribution in [0.25, 0.3) is 0 Å². The summed E-state index contributed by atoms with van der Waals surface area (Å²) >= 11 is 13.3. The van der Waals surface area contributed by atoms with Crippen molar-refractivity contribution < 1.29 is 18.0 Å². The van der Waals surface area contributed by atoms with Gasteiger partial charge in [0.15, 0.2) is 0 Å². The molecule has 41 heavy (non-hydrogen) atoms. The second kappa shape index (κ2) is 11.9. The minimum atomic E-state index is -3.55. The van der Waals surface area contributed by atoms with Crippen LogP contribution in [-0.4, -0.2) is 49.5 Å². The molecule has 5 atom stereocenters. The van der Waals surface area contributed by atoms with Gasteiger partial charge < -0.3 is 10.2 Å². The molecule has 1 heterocycles. The molecule has 2 N–H and O–H groups in total. The lowest BCUT2D eigenvalue weighted by Crippen LogP contribution is -2.66. The number of hydrogen-bond acceptors (Lipinski definition) is 4. The van der Waals surface area contributed by atoms with Gasteiger partial charge in [0.2, 0.25) is 15.9 Å². The van der Waals surface area contributed by atoms with Gasteiger partial charge in [-0.3, -0.25) is 9.59 Å². The van der Waals surface area contributed by atoms with Gasteiger partial charge in [0.25, 0.3) is 5.91 Å². The molecule has 218 valence electrons. The number of rotatable bonds is 7. The predicted molar refractivity (Wildman–Crippen MR) is 162 cm³/mol. The fraction of sp³-hybridized carbons (Fsp3) is 0.419. The van der Waals surface area contributed by atoms with Crippen LogP contribution in [0.3, 0.4) is 0 Å². The summed E-state index contributed by atoms with van der Waals surface area (Å²) < 4.78 is 27.6. The molecule has 2 amide bonds. The number of hydrogen-bond donors (Lipinski definition) is 2. The Morgan fingerprint density at radius 1 is 1.05 bits per heavy atom. The van der Waals surface area contributed by atoms with E-state index in [9.17, 15) is 18.0 Å². The third-order valence-electron chi connectivity index (χ3n) is 8.60. The number of amides is 2. The lowest BCUT2D eigenvalue weighted by Gasteiger charge is -2.55. The maximum atomic E-state index is 14.5. The van der Waals surface area contributed by atoms with E-state index in [1.54, 1.807) is 23.1 Å². The van der Waals surface area contributed by atoms with Crippen molar-refractivity contribution in [2.24, 2.45) is 5.41 Å². The zero-order valence-electron chi connectivity index (χ0n) is 23.1. The first kappa shape index (κ1) is 29.8. The Bertz CT molecular complexity index is 1490. The lowest BCUT2D eigenvalue weighted by atomic mass is 9.65. The summed E-state index contributed by atoms with van der Waals surface area (Å²) in [5.74, 6) is -1.21. The molecular formula is C31H35Cl2N3O4S. The Morgan fingerprint density at radius 3 is 2.44 bits per heavy atom. The molecule has 0 radical (unpaired) electrons. The van der Waals surface area contributed by atoms with Crippen molar-refractivity contribution in [3.05, 3.63) is 93.5 Å². The molecule has 0 aromatic heterocycles. The van der Waals surface area contributed by atoms with E-state index in [2.05, 4.69) is 10.0 Å². The Hall–Kier alpha value is -2.65. The molecule has 10 heteroatoms. The highest BCUT2D eigenvalue weighted by molar-refractivity contribution is 7.88. The molecule has 1 fully saturated rings. The van der Waals surface area contributed by atoms with Crippen molar-refractivity contribution in [1.82, 2.24) is 14.9 Å². The highest BCUT2D eigenvalue weighted by atomic mass is 35.5. The largest absolute Gasteiger partial charge is 0.351 e. The molecule has 0 bridgehead atoms. The second-order valence-electron chi connectivity index (χ2n) is 11.5. The molecule has 3 aliphatic rings. The summed E-state index contributed by atoms with van der Waals surface area (Å²) in [6.45, 7) is 2.29. The summed E-state index contributed by atoms with van der Waals surface area (Å²) in [6.07, 6.45) is 7.96. The van der Waals surface area contributed by atoms with Gasteiger partial charge in [-0.15, -0.1) is 0 Å². The molecule has 5 rings (SSSR count). The van der Waals surface area contributed by atoms with E-state index < -0.39 is 39.5 Å². The fourth-order valence-electron chi connectivity index (χ4n) is 6.64. The third kappa shape index (κ3) is 6.12. The highest BCUT2D eigenvalue weighted by Gasteiger charge is 2.56. The van der Waals surface area contributed by atoms with Crippen molar-refractivity contribution >= 4 is 45.0 Å². The summed E-state index contributed by atoms with van der Waals surface area (Å²) in [4.78, 5) is 30.5. The van der Waals surface area contributed by atoms with Crippen LogP contribution in [0, 0.1) is 5.41 Å². The molecule has 1 saturated carbocycles. The summed E-state index contributed by atoms with van der Waals surface area (Å²) in [6, 6.07) is 15.2. The molecule has 7 nitrogen and oxygen atoms in total. The maximum Gasteiger partial charge on any atom is 0.254 e. The average molecular weight is 617 g/mol. The first-order valence-electron chi connectivity index (χ1n) is 13.9. The van der Waals surface area contributed by atoms with Crippen LogP contribution in [-0.2, 0) is 21.4 Å². The quantitative estimate of drug-likeness (QED) is 0.434. The molecule has 2 aliphatic carbocycles. The van der Waals surface area contributed by atoms with Gasteiger partial charge >= 0.3 is 0 Å². The van der Waals surface area contributed by atoms with E-state index >= 15 is 0 Å². The van der Waals surface area contributed by atoms with Crippen LogP contribution in [0.1, 0.15) is 66.4 Å². The predicted octanol–water partition coefficient (Wildman–Crippen LogP) is 5.43. The number of nitrogens with one attached hydrogen (secondary N) is 2. The first-order chi connectivity index (χ1) is 19.5. The van der Waals surface area contributed by atoms with Gasteiger partial charge in [0.05, 0.1) is 18.2 Å². The van der Waals surface area contributed by atoms with E-state index in [1.165, 1.54) is 0 Å². The molecule has 2 aromatic rings. The van der Waals surface area contributed by atoms with Crippen molar-refractivity contribution in [2.75, 3.05) is 6.26 Å². The fourth-order valence-corrected chi connectivity index (χ4v) is 8.01. The number of sulfonamides is 1. The Kier molecular flexibility index (Phi) is 8.67. The Balaban J connectivity index is 1.65. The van der Waals surface area contributed by atoms with Crippen molar-refractivity contribution in [2.45, 2.75) is 69.6 Å². The SMILES string of the molecule is CC1([C@H]2[C@H](C(=O)NCc3ccccc3)c3ccccc3C(=O)N2[C@H]2CCCC[C@@H]2NS(C)(=O)=O)CC=C(Cl)C=C1Cl. The normalized spacial score (nSPS) is 28.4. The number of halogens is 2. The van der Waals surface area contributed by atoms with E-state index in [0.29, 0.717) is 47.0 Å². The standard InChI is InChI=1S/C31H35Cl2N3O4S/c1-31(17-16-21(32)18-26(31)33)28-27(29(37)34-19-20-10-4-3-5-11-20)22-12-6-7-13-23(22)30(38)36(28)25-15-9-8-14-24(25)35-41(2,39)40/h3-7,10-13,16,18,24-25,27-28,35H,8-9,14-15,17,19H2,1-2H3,(H,34,37)/t24-,25-,27+,28+,31?/m0/s1. The smallest absolute Gasteiger partial charge is 0.254 e. The van der Waals surface area contributed by atoms with E-state index in [4.69, 9.17) is 23.2 Å². The molecule has 2 aromatic carbocycles. The van der Waals surface area contributed by atoms with Crippen molar-refractivity contribution in [3.63, 3.8) is 0 Å². The minimum Gasteiger partial charge on any atom is -0.351 e. The van der Waals surface area contributed by atoms with Crippen LogP contribution in [0.15, 0.2) is 76.8 Å². The van der Waals surface area contributed by atoms with Gasteiger partial charge in [-0.1, -0.05) is 97.6 Å².